The molecule has 0 spiro atoms. The fourth-order valence-electron chi connectivity index (χ4n) is 4.42. The Hall–Kier alpha value is -3.55. The van der Waals surface area contributed by atoms with Gasteiger partial charge in [0.05, 0.1) is 26.4 Å². The van der Waals surface area contributed by atoms with Crippen LogP contribution in [0.5, 0.6) is 5.75 Å². The largest absolute Gasteiger partial charge is 0.497 e. The number of fused-ring (bicyclic) bond motifs is 1. The summed E-state index contributed by atoms with van der Waals surface area (Å²) in [4.78, 5) is 2.43. The van der Waals surface area contributed by atoms with Crippen molar-refractivity contribution in [3.05, 3.63) is 84.2 Å². The van der Waals surface area contributed by atoms with E-state index in [1.54, 1.807) is 19.2 Å². The Morgan fingerprint density at radius 1 is 0.941 bits per heavy atom. The molecule has 0 bridgehead atoms. The lowest BCUT2D eigenvalue weighted by Crippen LogP contribution is -2.41. The van der Waals surface area contributed by atoms with Crippen molar-refractivity contribution >= 4 is 16.6 Å². The number of methoxy groups -OCH3 is 1. The second-order valence-corrected chi connectivity index (χ2v) is 8.27. The molecule has 0 aliphatic carbocycles. The van der Waals surface area contributed by atoms with Gasteiger partial charge in [-0.1, -0.05) is 36.4 Å². The maximum atomic E-state index is 13.4. The Morgan fingerprint density at radius 3 is 2.35 bits per heavy atom. The fourth-order valence-corrected chi connectivity index (χ4v) is 4.42. The van der Waals surface area contributed by atoms with E-state index >= 15 is 0 Å². The molecule has 7 heteroatoms. The van der Waals surface area contributed by atoms with Crippen molar-refractivity contribution in [2.45, 2.75) is 6.04 Å². The highest BCUT2D eigenvalue weighted by molar-refractivity contribution is 6.00. The van der Waals surface area contributed by atoms with Gasteiger partial charge in [0, 0.05) is 36.0 Å². The third-order valence-electron chi connectivity index (χ3n) is 6.25. The topological polar surface area (TPSA) is 59.5 Å². The van der Waals surface area contributed by atoms with Gasteiger partial charge in [0.15, 0.2) is 5.82 Å². The number of anilines is 1. The van der Waals surface area contributed by atoms with Crippen molar-refractivity contribution in [3.63, 3.8) is 0 Å². The lowest BCUT2D eigenvalue weighted by molar-refractivity contribution is 0.0187. The van der Waals surface area contributed by atoms with Crippen LogP contribution in [0.2, 0.25) is 0 Å². The zero-order valence-electron chi connectivity index (χ0n) is 19.1. The molecule has 6 nitrogen and oxygen atoms in total. The molecule has 1 fully saturated rings. The average molecular weight is 459 g/mol. The first kappa shape index (κ1) is 22.3. The Kier molecular flexibility index (Phi) is 6.65. The van der Waals surface area contributed by atoms with E-state index in [2.05, 4.69) is 32.5 Å². The maximum absolute atomic E-state index is 13.4. The summed E-state index contributed by atoms with van der Waals surface area (Å²) < 4.78 is 24.3. The molecule has 1 unspecified atom stereocenters. The number of nitrogens with one attached hydrogen (secondary N) is 1. The summed E-state index contributed by atoms with van der Waals surface area (Å²) in [5.41, 5.74) is 2.78. The molecule has 2 heterocycles. The van der Waals surface area contributed by atoms with Gasteiger partial charge >= 0.3 is 0 Å². The number of halogens is 1. The molecule has 34 heavy (non-hydrogen) atoms. The lowest BCUT2D eigenvalue weighted by atomic mass is 10.0. The van der Waals surface area contributed by atoms with Crippen LogP contribution in [0.15, 0.2) is 72.8 Å². The van der Waals surface area contributed by atoms with Crippen molar-refractivity contribution in [2.75, 3.05) is 45.3 Å². The van der Waals surface area contributed by atoms with Gasteiger partial charge in [-0.3, -0.25) is 4.90 Å². The average Bonchev–Trinajstić information content (AvgIpc) is 2.90. The molecule has 3 aromatic carbocycles. The molecule has 0 amide bonds. The van der Waals surface area contributed by atoms with Crippen molar-refractivity contribution in [2.24, 2.45) is 0 Å². The zero-order chi connectivity index (χ0) is 23.3. The number of morpholine rings is 1. The number of hydrogen-bond donors (Lipinski definition) is 1. The second kappa shape index (κ2) is 10.2. The van der Waals surface area contributed by atoms with E-state index in [1.807, 2.05) is 36.4 Å². The van der Waals surface area contributed by atoms with Crippen LogP contribution in [-0.4, -0.2) is 55.1 Å². The molecule has 174 valence electrons. The third kappa shape index (κ3) is 4.71. The van der Waals surface area contributed by atoms with Gasteiger partial charge in [0.25, 0.3) is 0 Å². The van der Waals surface area contributed by atoms with E-state index in [0.29, 0.717) is 6.54 Å². The van der Waals surface area contributed by atoms with E-state index in [4.69, 9.17) is 9.47 Å². The minimum Gasteiger partial charge on any atom is -0.497 e. The number of hydrogen-bond acceptors (Lipinski definition) is 6. The maximum Gasteiger partial charge on any atom is 0.156 e. The zero-order valence-corrected chi connectivity index (χ0v) is 19.1. The molecule has 1 saturated heterocycles. The fraction of sp³-hybridized carbons (Fsp3) is 0.259. The highest BCUT2D eigenvalue weighted by atomic mass is 19.1. The molecule has 1 aromatic heterocycles. The minimum atomic E-state index is -0.271. The van der Waals surface area contributed by atoms with Crippen molar-refractivity contribution in [1.29, 1.82) is 0 Å². The summed E-state index contributed by atoms with van der Waals surface area (Å²) in [6, 6.07) is 22.8. The summed E-state index contributed by atoms with van der Waals surface area (Å²) in [5.74, 6) is 1.30. The predicted octanol–water partition coefficient (Wildman–Crippen LogP) is 4.93. The predicted molar refractivity (Wildman–Crippen MR) is 132 cm³/mol. The Morgan fingerprint density at radius 2 is 1.65 bits per heavy atom. The smallest absolute Gasteiger partial charge is 0.156 e. The summed E-state index contributed by atoms with van der Waals surface area (Å²) in [6.45, 7) is 3.85. The van der Waals surface area contributed by atoms with E-state index in [9.17, 15) is 4.39 Å². The van der Waals surface area contributed by atoms with Crippen LogP contribution in [0.3, 0.4) is 0 Å². The van der Waals surface area contributed by atoms with Crippen LogP contribution < -0.4 is 10.1 Å². The van der Waals surface area contributed by atoms with Gasteiger partial charge in [-0.25, -0.2) is 4.39 Å². The van der Waals surface area contributed by atoms with Crippen molar-refractivity contribution in [3.8, 4) is 17.0 Å². The van der Waals surface area contributed by atoms with E-state index in [-0.39, 0.29) is 11.9 Å². The standard InChI is InChI=1S/C27H27FN4O2/c1-33-22-12-8-19(9-13-22)25(32-14-16-34-17-15-32)18-29-27-24-5-3-2-4-23(24)26(30-31-27)20-6-10-21(28)11-7-20/h2-13,25H,14-18H2,1H3,(H,29,31). The highest BCUT2D eigenvalue weighted by Crippen LogP contribution is 2.31. The lowest BCUT2D eigenvalue weighted by Gasteiger charge is -2.35. The van der Waals surface area contributed by atoms with Crippen molar-refractivity contribution in [1.82, 2.24) is 15.1 Å². The SMILES string of the molecule is COc1ccc(C(CNc2nnc(-c3ccc(F)cc3)c3ccccc23)N2CCOCC2)cc1. The first-order valence-corrected chi connectivity index (χ1v) is 11.4. The van der Waals surface area contributed by atoms with Crippen LogP contribution >= 0.6 is 0 Å². The monoisotopic (exact) mass is 458 g/mol. The number of nitrogens with zero attached hydrogens (tertiary/aromatic N) is 3. The van der Waals surface area contributed by atoms with E-state index in [1.165, 1.54) is 17.7 Å². The van der Waals surface area contributed by atoms with Crippen LogP contribution in [-0.2, 0) is 4.74 Å². The molecule has 1 aliphatic rings. The Balaban J connectivity index is 1.44. The first-order chi connectivity index (χ1) is 16.7. The number of aromatic nitrogens is 2. The van der Waals surface area contributed by atoms with E-state index in [0.717, 1.165) is 59.9 Å². The molecule has 4 aromatic rings. The molecule has 0 saturated carbocycles. The third-order valence-corrected chi connectivity index (χ3v) is 6.25. The molecular weight excluding hydrogens is 431 g/mol. The second-order valence-electron chi connectivity index (χ2n) is 8.27. The molecule has 0 radical (unpaired) electrons. The van der Waals surface area contributed by atoms with Crippen molar-refractivity contribution < 1.29 is 13.9 Å². The van der Waals surface area contributed by atoms with Gasteiger partial charge in [-0.2, -0.15) is 0 Å². The van der Waals surface area contributed by atoms with Gasteiger partial charge in [-0.05, 0) is 42.0 Å². The van der Waals surface area contributed by atoms with Gasteiger partial charge in [-0.15, -0.1) is 10.2 Å². The van der Waals surface area contributed by atoms with Crippen LogP contribution in [0.1, 0.15) is 11.6 Å². The van der Waals surface area contributed by atoms with Gasteiger partial charge < -0.3 is 14.8 Å². The number of rotatable bonds is 7. The number of benzene rings is 3. The number of ether oxygens (including phenoxy) is 2. The minimum absolute atomic E-state index is 0.146. The van der Waals surface area contributed by atoms with E-state index < -0.39 is 0 Å². The first-order valence-electron chi connectivity index (χ1n) is 11.4. The molecule has 1 atom stereocenters. The highest BCUT2D eigenvalue weighted by Gasteiger charge is 2.23. The summed E-state index contributed by atoms with van der Waals surface area (Å²) in [6.07, 6.45) is 0. The van der Waals surface area contributed by atoms with Crippen LogP contribution in [0, 0.1) is 5.82 Å². The van der Waals surface area contributed by atoms with Crippen LogP contribution in [0.4, 0.5) is 10.2 Å². The molecular formula is C27H27FN4O2. The summed E-state index contributed by atoms with van der Waals surface area (Å²) in [7, 11) is 1.68. The molecule has 5 rings (SSSR count). The summed E-state index contributed by atoms with van der Waals surface area (Å²) in [5, 5.41) is 14.5. The van der Waals surface area contributed by atoms with Gasteiger partial charge in [0.1, 0.15) is 17.3 Å². The van der Waals surface area contributed by atoms with Crippen LogP contribution in [0.25, 0.3) is 22.0 Å². The van der Waals surface area contributed by atoms with Gasteiger partial charge in [0.2, 0.25) is 0 Å². The summed E-state index contributed by atoms with van der Waals surface area (Å²) >= 11 is 0. The Labute approximate surface area is 198 Å². The normalized spacial score (nSPS) is 15.2. The quantitative estimate of drug-likeness (QED) is 0.424. The molecule has 1 aliphatic heterocycles. The Bertz CT molecular complexity index is 1240. The molecule has 1 N–H and O–H groups in total.